The third-order valence-electron chi connectivity index (χ3n) is 5.62. The number of hydrogen-bond acceptors (Lipinski definition) is 6. The number of aromatic nitrogens is 1. The third kappa shape index (κ3) is 5.78. The fourth-order valence-electron chi connectivity index (χ4n) is 4.12. The first-order valence-corrected chi connectivity index (χ1v) is 12.9. The Morgan fingerprint density at radius 3 is 2.80 bits per heavy atom. The predicted molar refractivity (Wildman–Crippen MR) is 135 cm³/mol. The van der Waals surface area contributed by atoms with E-state index in [0.29, 0.717) is 45.9 Å². The predicted octanol–water partition coefficient (Wildman–Crippen LogP) is 5.74. The summed E-state index contributed by atoms with van der Waals surface area (Å²) in [6.45, 7) is 1.39. The van der Waals surface area contributed by atoms with Crippen LogP contribution < -0.4 is 13.8 Å². The van der Waals surface area contributed by atoms with E-state index >= 15 is 0 Å². The zero-order valence-electron chi connectivity index (χ0n) is 18.6. The monoisotopic (exact) mass is 579 g/mol. The number of carboxylic acid groups (broad SMARTS) is 1. The van der Waals surface area contributed by atoms with Crippen molar-refractivity contribution in [2.24, 2.45) is 0 Å². The van der Waals surface area contributed by atoms with Crippen LogP contribution in [0.2, 0.25) is 5.02 Å². The van der Waals surface area contributed by atoms with Crippen molar-refractivity contribution in [2.75, 3.05) is 10.9 Å². The summed E-state index contributed by atoms with van der Waals surface area (Å²) >= 11 is 6.85. The van der Waals surface area contributed by atoms with Gasteiger partial charge in [-0.2, -0.15) is 0 Å². The molecule has 0 aliphatic heterocycles. The quantitative estimate of drug-likeness (QED) is 0.338. The molecule has 1 heterocycles. The van der Waals surface area contributed by atoms with Crippen LogP contribution in [0, 0.1) is 6.92 Å². The van der Waals surface area contributed by atoms with Gasteiger partial charge >= 0.3 is 5.97 Å². The minimum Gasteiger partial charge on any atom is -0.755 e. The van der Waals surface area contributed by atoms with Crippen LogP contribution in [-0.2, 0) is 22.5 Å². The minimum atomic E-state index is -2.60. The molecule has 3 aromatic rings. The van der Waals surface area contributed by atoms with E-state index in [4.69, 9.17) is 26.2 Å². The smallest absolute Gasteiger partial charge is 0.341 e. The van der Waals surface area contributed by atoms with E-state index in [0.717, 1.165) is 16.7 Å². The summed E-state index contributed by atoms with van der Waals surface area (Å²) in [6.07, 6.45) is 3.41. The number of pyridine rings is 1. The first-order chi connectivity index (χ1) is 16.7. The molecule has 0 radical (unpaired) electrons. The number of anilines is 1. The number of carbonyl (C=O) groups is 1. The molecule has 11 heteroatoms. The lowest BCUT2D eigenvalue weighted by Crippen LogP contribution is -2.33. The Balaban J connectivity index is 1.65. The topological polar surface area (TPSA) is 112 Å². The number of carboxylic acids is 1. The number of benzene rings is 2. The van der Waals surface area contributed by atoms with Crippen LogP contribution in [-0.4, -0.2) is 31.4 Å². The molecule has 1 aliphatic carbocycles. The maximum atomic E-state index is 12.4. The molecule has 1 N–H and O–H groups in total. The fraction of sp³-hybridized carbons (Fsp3) is 0.250. The second-order valence-electron chi connectivity index (χ2n) is 7.95. The van der Waals surface area contributed by atoms with Crippen molar-refractivity contribution in [3.05, 3.63) is 74.8 Å². The maximum Gasteiger partial charge on any atom is 0.341 e. The highest BCUT2D eigenvalue weighted by Crippen LogP contribution is 2.42. The van der Waals surface area contributed by atoms with E-state index < -0.39 is 29.9 Å². The van der Waals surface area contributed by atoms with Crippen molar-refractivity contribution in [3.63, 3.8) is 0 Å². The summed E-state index contributed by atoms with van der Waals surface area (Å²) < 4.78 is 37.9. The standard InChI is InChI=1S/C24H22BrClN2O6S/c1-14-10-15(26)8-9-21(14)34-24-19(25)11-16(12-27-24)28(35(31)32)20-6-2-5-18-17(20)4-3-7-22(18)33-13-23(29)30/h3-4,7-12,20H,2,5-6,13H2,1H3,(H,29,30)(H,31,32)/p-1. The summed E-state index contributed by atoms with van der Waals surface area (Å²) in [5, 5.41) is 9.56. The molecule has 184 valence electrons. The summed E-state index contributed by atoms with van der Waals surface area (Å²) in [7, 11) is 0. The second-order valence-corrected chi connectivity index (χ2v) is 10.1. The van der Waals surface area contributed by atoms with E-state index in [1.807, 2.05) is 13.0 Å². The number of ether oxygens (including phenoxy) is 2. The van der Waals surface area contributed by atoms with Gasteiger partial charge in [-0.3, -0.25) is 8.51 Å². The zero-order valence-corrected chi connectivity index (χ0v) is 21.7. The molecule has 0 bridgehead atoms. The Hall–Kier alpha value is -2.66. The van der Waals surface area contributed by atoms with Crippen molar-refractivity contribution >= 4 is 50.5 Å². The number of rotatable bonds is 8. The molecule has 0 saturated heterocycles. The average Bonchev–Trinajstić information content (AvgIpc) is 2.81. The zero-order chi connectivity index (χ0) is 25.1. The van der Waals surface area contributed by atoms with Gasteiger partial charge in [-0.1, -0.05) is 23.7 Å². The average molecular weight is 581 g/mol. The van der Waals surface area contributed by atoms with Gasteiger partial charge in [-0.25, -0.2) is 9.78 Å². The summed E-state index contributed by atoms with van der Waals surface area (Å²) in [5.74, 6) is 0.232. The molecule has 2 atom stereocenters. The molecule has 0 saturated carbocycles. The molecule has 0 amide bonds. The Morgan fingerprint density at radius 2 is 2.11 bits per heavy atom. The van der Waals surface area contributed by atoms with E-state index in [2.05, 4.69) is 20.9 Å². The SMILES string of the molecule is Cc1cc(Cl)ccc1Oc1ncc(N(C2CCCc3c(OCC(=O)O)cccc32)S(=O)[O-])cc1Br. The molecule has 2 unspecified atom stereocenters. The van der Waals surface area contributed by atoms with Crippen LogP contribution in [0.5, 0.6) is 17.4 Å². The summed E-state index contributed by atoms with van der Waals surface area (Å²) in [6, 6.07) is 11.6. The number of nitrogens with zero attached hydrogens (tertiary/aromatic N) is 2. The van der Waals surface area contributed by atoms with Gasteiger partial charge in [0.2, 0.25) is 5.88 Å². The lowest BCUT2D eigenvalue weighted by molar-refractivity contribution is -0.139. The number of aliphatic carboxylic acids is 1. The van der Waals surface area contributed by atoms with Gasteiger partial charge in [-0.05, 0) is 89.1 Å². The maximum absolute atomic E-state index is 12.4. The molecule has 1 aliphatic rings. The third-order valence-corrected chi connectivity index (χ3v) is 7.21. The molecular formula is C24H21BrClN2O6S-. The van der Waals surface area contributed by atoms with Gasteiger partial charge in [0.1, 0.15) is 11.5 Å². The number of fused-ring (bicyclic) bond motifs is 1. The fourth-order valence-corrected chi connectivity index (χ4v) is 5.46. The van der Waals surface area contributed by atoms with E-state index in [1.165, 1.54) is 10.5 Å². The molecule has 4 rings (SSSR count). The normalized spacial score (nSPS) is 15.7. The van der Waals surface area contributed by atoms with Crippen molar-refractivity contribution in [1.29, 1.82) is 0 Å². The lowest BCUT2D eigenvalue weighted by atomic mass is 9.87. The Bertz CT molecular complexity index is 1290. The largest absolute Gasteiger partial charge is 0.755 e. The molecule has 0 spiro atoms. The van der Waals surface area contributed by atoms with Gasteiger partial charge < -0.3 is 19.1 Å². The highest BCUT2D eigenvalue weighted by atomic mass is 79.9. The summed E-state index contributed by atoms with van der Waals surface area (Å²) in [4.78, 5) is 15.3. The minimum absolute atomic E-state index is 0.282. The van der Waals surface area contributed by atoms with Crippen molar-refractivity contribution in [3.8, 4) is 17.4 Å². The van der Waals surface area contributed by atoms with Crippen LogP contribution in [0.3, 0.4) is 0 Å². The van der Waals surface area contributed by atoms with Crippen LogP contribution in [0.1, 0.15) is 35.6 Å². The second kappa shape index (κ2) is 10.9. The Kier molecular flexibility index (Phi) is 7.95. The van der Waals surface area contributed by atoms with Crippen LogP contribution in [0.4, 0.5) is 5.69 Å². The Morgan fingerprint density at radius 1 is 1.31 bits per heavy atom. The highest BCUT2D eigenvalue weighted by molar-refractivity contribution is 9.10. The number of hydrogen-bond donors (Lipinski definition) is 1. The van der Waals surface area contributed by atoms with Crippen molar-refractivity contribution < 1.29 is 28.1 Å². The van der Waals surface area contributed by atoms with E-state index in [-0.39, 0.29) is 5.88 Å². The van der Waals surface area contributed by atoms with Crippen LogP contribution >= 0.6 is 27.5 Å². The van der Waals surface area contributed by atoms with Gasteiger partial charge in [0.05, 0.1) is 22.4 Å². The highest BCUT2D eigenvalue weighted by Gasteiger charge is 2.30. The van der Waals surface area contributed by atoms with Crippen molar-refractivity contribution in [1.82, 2.24) is 4.98 Å². The molecule has 35 heavy (non-hydrogen) atoms. The van der Waals surface area contributed by atoms with Gasteiger partial charge in [0, 0.05) is 16.3 Å². The number of halogens is 2. The molecular weight excluding hydrogens is 560 g/mol. The van der Waals surface area contributed by atoms with Gasteiger partial charge in [-0.15, -0.1) is 0 Å². The van der Waals surface area contributed by atoms with Crippen molar-refractivity contribution in [2.45, 2.75) is 32.2 Å². The molecule has 2 aromatic carbocycles. The number of aryl methyl sites for hydroxylation is 1. The Labute approximate surface area is 218 Å². The van der Waals surface area contributed by atoms with Gasteiger partial charge in [0.15, 0.2) is 6.61 Å². The lowest BCUT2D eigenvalue weighted by Gasteiger charge is -2.38. The van der Waals surface area contributed by atoms with Gasteiger partial charge in [0.25, 0.3) is 0 Å². The van der Waals surface area contributed by atoms with Crippen LogP contribution in [0.25, 0.3) is 0 Å². The van der Waals surface area contributed by atoms with E-state index in [9.17, 15) is 13.6 Å². The molecule has 0 fully saturated rings. The first kappa shape index (κ1) is 25.4. The summed E-state index contributed by atoms with van der Waals surface area (Å²) in [5.41, 5.74) is 2.78. The van der Waals surface area contributed by atoms with Crippen LogP contribution in [0.15, 0.2) is 53.1 Å². The molecule has 1 aromatic heterocycles. The first-order valence-electron chi connectivity index (χ1n) is 10.7. The molecule has 8 nitrogen and oxygen atoms in total. The van der Waals surface area contributed by atoms with E-state index in [1.54, 1.807) is 36.4 Å².